The molecule has 0 unspecified atom stereocenters. The Hall–Kier alpha value is -4.73. The lowest BCUT2D eigenvalue weighted by atomic mass is 9.89. The molecular formula is C29H27FN4O5. The minimum atomic E-state index is -0.755. The number of H-pyrrole nitrogens is 1. The second-order valence-corrected chi connectivity index (χ2v) is 9.58. The summed E-state index contributed by atoms with van der Waals surface area (Å²) >= 11 is 0. The number of amides is 2. The van der Waals surface area contributed by atoms with Crippen molar-refractivity contribution in [2.45, 2.75) is 25.7 Å². The van der Waals surface area contributed by atoms with Crippen molar-refractivity contribution >= 4 is 34.1 Å². The maximum atomic E-state index is 14.5. The summed E-state index contributed by atoms with van der Waals surface area (Å²) in [6, 6.07) is 15.2. The van der Waals surface area contributed by atoms with Crippen molar-refractivity contribution < 1.29 is 23.6 Å². The Balaban J connectivity index is 1.22. The van der Waals surface area contributed by atoms with E-state index in [1.54, 1.807) is 18.2 Å². The maximum Gasteiger partial charge on any atom is 0.273 e. The van der Waals surface area contributed by atoms with E-state index in [2.05, 4.69) is 10.3 Å². The number of hydrogen-bond donors (Lipinski definition) is 2. The molecule has 4 aromatic rings. The smallest absolute Gasteiger partial charge is 0.273 e. The van der Waals surface area contributed by atoms with Crippen LogP contribution in [0.15, 0.2) is 60.8 Å². The Morgan fingerprint density at radius 3 is 2.49 bits per heavy atom. The number of fused-ring (bicyclic) bond motifs is 1. The number of carbonyl (C=O) groups excluding carboxylic acids is 2. The number of likely N-dealkylation sites (tertiary alicyclic amines) is 1. The predicted octanol–water partition coefficient (Wildman–Crippen LogP) is 5.80. The molecule has 200 valence electrons. The van der Waals surface area contributed by atoms with Gasteiger partial charge in [0.15, 0.2) is 0 Å². The topological polar surface area (TPSA) is 118 Å². The predicted molar refractivity (Wildman–Crippen MR) is 145 cm³/mol. The zero-order valence-corrected chi connectivity index (χ0v) is 21.5. The van der Waals surface area contributed by atoms with E-state index in [4.69, 9.17) is 4.74 Å². The number of nitrogens with zero attached hydrogens (tertiary/aromatic N) is 2. The van der Waals surface area contributed by atoms with Gasteiger partial charge in [0.25, 0.3) is 17.5 Å². The first kappa shape index (κ1) is 25.9. The van der Waals surface area contributed by atoms with Crippen LogP contribution in [-0.2, 0) is 0 Å². The number of methoxy groups -OCH3 is 1. The Morgan fingerprint density at radius 1 is 1.10 bits per heavy atom. The Morgan fingerprint density at radius 2 is 1.82 bits per heavy atom. The van der Waals surface area contributed by atoms with Crippen LogP contribution in [0.2, 0.25) is 0 Å². The number of hydrogen-bond acceptors (Lipinski definition) is 5. The number of anilines is 1. The average molecular weight is 531 g/mol. The molecule has 1 aromatic heterocycles. The van der Waals surface area contributed by atoms with E-state index >= 15 is 0 Å². The molecule has 2 amide bonds. The first-order valence-electron chi connectivity index (χ1n) is 12.6. The van der Waals surface area contributed by atoms with E-state index in [1.807, 2.05) is 42.5 Å². The van der Waals surface area contributed by atoms with Crippen LogP contribution in [0.4, 0.5) is 15.8 Å². The molecule has 0 saturated carbocycles. The van der Waals surface area contributed by atoms with Crippen molar-refractivity contribution in [3.05, 3.63) is 99.0 Å². The highest BCUT2D eigenvalue weighted by Gasteiger charge is 2.29. The molecule has 0 spiro atoms. The van der Waals surface area contributed by atoms with E-state index in [0.717, 1.165) is 28.6 Å². The quantitative estimate of drug-likeness (QED) is 0.241. The lowest BCUT2D eigenvalue weighted by Gasteiger charge is -2.32. The van der Waals surface area contributed by atoms with Crippen LogP contribution in [0.3, 0.4) is 0 Å². The number of aromatic nitrogens is 1. The number of aromatic amines is 1. The van der Waals surface area contributed by atoms with Crippen LogP contribution >= 0.6 is 0 Å². The molecule has 1 aliphatic rings. The highest BCUT2D eigenvalue weighted by molar-refractivity contribution is 6.13. The molecule has 0 aliphatic carbocycles. The molecule has 0 radical (unpaired) electrons. The lowest BCUT2D eigenvalue weighted by Crippen LogP contribution is -2.38. The summed E-state index contributed by atoms with van der Waals surface area (Å²) in [5.41, 5.74) is 2.61. The van der Waals surface area contributed by atoms with Crippen molar-refractivity contribution in [1.82, 2.24) is 9.88 Å². The standard InChI is InChI=1S/C29H27FN4O5/c1-17-26(34(37)38)10-8-24(30)27(17)29(36)33-13-11-19(12-14-33)18-3-5-20(6-4-18)32-28(35)23-16-31-25-9-7-21(39-2)15-22(23)25/h3-10,15-16,19,31H,11-14H2,1-2H3,(H,32,35). The average Bonchev–Trinajstić information content (AvgIpc) is 3.37. The molecule has 3 aromatic carbocycles. The molecule has 1 saturated heterocycles. The summed E-state index contributed by atoms with van der Waals surface area (Å²) in [6.45, 7) is 2.22. The van der Waals surface area contributed by atoms with Gasteiger partial charge in [0.05, 0.1) is 23.2 Å². The number of nitro benzene ring substituents is 1. The van der Waals surface area contributed by atoms with Gasteiger partial charge < -0.3 is 19.9 Å². The highest BCUT2D eigenvalue weighted by atomic mass is 19.1. The number of ether oxygens (including phenoxy) is 1. The number of rotatable bonds is 6. The number of benzene rings is 3. The minimum absolute atomic E-state index is 0.0385. The van der Waals surface area contributed by atoms with Crippen molar-refractivity contribution in [1.29, 1.82) is 0 Å². The van der Waals surface area contributed by atoms with Gasteiger partial charge in [0.1, 0.15) is 11.6 Å². The van der Waals surface area contributed by atoms with Gasteiger partial charge in [-0.2, -0.15) is 0 Å². The SMILES string of the molecule is COc1ccc2[nH]cc(C(=O)Nc3ccc(C4CCN(C(=O)c5c(F)ccc([N+](=O)[O-])c5C)CC4)cc3)c2c1. The monoisotopic (exact) mass is 530 g/mol. The number of piperidine rings is 1. The van der Waals surface area contributed by atoms with Gasteiger partial charge in [-0.15, -0.1) is 0 Å². The van der Waals surface area contributed by atoms with E-state index in [-0.39, 0.29) is 28.6 Å². The third-order valence-corrected chi connectivity index (χ3v) is 7.35. The van der Waals surface area contributed by atoms with Gasteiger partial charge in [0, 0.05) is 47.5 Å². The lowest BCUT2D eigenvalue weighted by molar-refractivity contribution is -0.385. The van der Waals surface area contributed by atoms with Gasteiger partial charge in [0.2, 0.25) is 0 Å². The first-order chi connectivity index (χ1) is 18.8. The molecule has 1 aliphatic heterocycles. The summed E-state index contributed by atoms with van der Waals surface area (Å²) in [5, 5.41) is 14.9. The van der Waals surface area contributed by atoms with Crippen molar-refractivity contribution in [3.63, 3.8) is 0 Å². The first-order valence-corrected chi connectivity index (χ1v) is 12.6. The van der Waals surface area contributed by atoms with Crippen molar-refractivity contribution in [3.8, 4) is 5.75 Å². The molecule has 2 N–H and O–H groups in total. The zero-order valence-electron chi connectivity index (χ0n) is 21.5. The van der Waals surface area contributed by atoms with Crippen LogP contribution in [-0.4, -0.2) is 46.8 Å². The summed E-state index contributed by atoms with van der Waals surface area (Å²) in [5.74, 6) is -0.665. The molecule has 2 heterocycles. The van der Waals surface area contributed by atoms with Gasteiger partial charge in [-0.3, -0.25) is 19.7 Å². The highest BCUT2D eigenvalue weighted by Crippen LogP contribution is 2.32. The fraction of sp³-hybridized carbons (Fsp3) is 0.241. The van der Waals surface area contributed by atoms with Crippen molar-refractivity contribution in [2.75, 3.05) is 25.5 Å². The number of nitrogens with one attached hydrogen (secondary N) is 2. The fourth-order valence-electron chi connectivity index (χ4n) is 5.15. The maximum absolute atomic E-state index is 14.5. The summed E-state index contributed by atoms with van der Waals surface area (Å²) in [7, 11) is 1.58. The molecule has 39 heavy (non-hydrogen) atoms. The molecule has 9 nitrogen and oxygen atoms in total. The zero-order chi connectivity index (χ0) is 27.7. The number of carbonyl (C=O) groups is 2. The second-order valence-electron chi connectivity index (χ2n) is 9.58. The Kier molecular flexibility index (Phi) is 7.02. The van der Waals surface area contributed by atoms with Crippen molar-refractivity contribution in [2.24, 2.45) is 0 Å². The van der Waals surface area contributed by atoms with Gasteiger partial charge >= 0.3 is 0 Å². The largest absolute Gasteiger partial charge is 0.497 e. The van der Waals surface area contributed by atoms with Crippen LogP contribution in [0.25, 0.3) is 10.9 Å². The summed E-state index contributed by atoms with van der Waals surface area (Å²) < 4.78 is 19.7. The Labute approximate surface area is 223 Å². The molecule has 10 heteroatoms. The van der Waals surface area contributed by atoms with Gasteiger partial charge in [-0.05, 0) is 67.6 Å². The van der Waals surface area contributed by atoms with Gasteiger partial charge in [-0.25, -0.2) is 4.39 Å². The van der Waals surface area contributed by atoms with Crippen LogP contribution in [0.5, 0.6) is 5.75 Å². The normalized spacial score (nSPS) is 13.9. The summed E-state index contributed by atoms with van der Waals surface area (Å²) in [6.07, 6.45) is 3.01. The fourth-order valence-corrected chi connectivity index (χ4v) is 5.15. The molecule has 0 bridgehead atoms. The van der Waals surface area contributed by atoms with E-state index in [1.165, 1.54) is 6.92 Å². The molecule has 1 fully saturated rings. The third-order valence-electron chi connectivity index (χ3n) is 7.35. The van der Waals surface area contributed by atoms with Crippen LogP contribution < -0.4 is 10.1 Å². The van der Waals surface area contributed by atoms with Gasteiger partial charge in [-0.1, -0.05) is 12.1 Å². The molecule has 0 atom stereocenters. The second kappa shape index (κ2) is 10.6. The van der Waals surface area contributed by atoms with Crippen LogP contribution in [0.1, 0.15) is 50.6 Å². The molecule has 5 rings (SSSR count). The summed E-state index contributed by atoms with van der Waals surface area (Å²) in [4.78, 5) is 41.2. The number of nitro groups is 1. The van der Waals surface area contributed by atoms with Crippen LogP contribution in [0, 0.1) is 22.9 Å². The third kappa shape index (κ3) is 5.05. The minimum Gasteiger partial charge on any atom is -0.497 e. The molecular weight excluding hydrogens is 503 g/mol. The van der Waals surface area contributed by atoms with E-state index in [0.29, 0.717) is 42.9 Å². The van der Waals surface area contributed by atoms with E-state index < -0.39 is 16.6 Å². The Bertz CT molecular complexity index is 1570. The van der Waals surface area contributed by atoms with E-state index in [9.17, 15) is 24.1 Å². The number of halogens is 1.